The number of hydrogen-bond acceptors (Lipinski definition) is 2. The molecule has 0 saturated carbocycles. The van der Waals surface area contributed by atoms with Crippen LogP contribution in [-0.4, -0.2) is 18.5 Å². The highest BCUT2D eigenvalue weighted by molar-refractivity contribution is 6.30. The molecule has 1 heterocycles. The van der Waals surface area contributed by atoms with Crippen molar-refractivity contribution in [2.24, 2.45) is 4.99 Å². The Morgan fingerprint density at radius 2 is 1.80 bits per heavy atom. The lowest BCUT2D eigenvalue weighted by molar-refractivity contribution is 0.0997. The smallest absolute Gasteiger partial charge is 0.149 e. The predicted octanol–water partition coefficient (Wildman–Crippen LogP) is 5.24. The van der Waals surface area contributed by atoms with E-state index < -0.39 is 0 Å². The summed E-state index contributed by atoms with van der Waals surface area (Å²) >= 11 is 5.90. The number of ether oxygens (including phenoxy) is 1. The van der Waals surface area contributed by atoms with Crippen LogP contribution in [0.15, 0.2) is 29.3 Å². The number of benzene rings is 1. The highest BCUT2D eigenvalue weighted by Gasteiger charge is 2.18. The van der Waals surface area contributed by atoms with E-state index in [1.807, 2.05) is 24.3 Å². The van der Waals surface area contributed by atoms with Crippen LogP contribution < -0.4 is 0 Å². The van der Waals surface area contributed by atoms with Crippen LogP contribution in [-0.2, 0) is 4.74 Å². The second kappa shape index (κ2) is 8.43. The van der Waals surface area contributed by atoms with Crippen molar-refractivity contribution >= 4 is 17.3 Å². The monoisotopic (exact) mass is 293 g/mol. The van der Waals surface area contributed by atoms with Crippen molar-refractivity contribution in [3.8, 4) is 0 Å². The molecule has 20 heavy (non-hydrogen) atoms. The predicted molar refractivity (Wildman–Crippen MR) is 85.7 cm³/mol. The van der Waals surface area contributed by atoms with E-state index in [2.05, 4.69) is 11.9 Å². The fourth-order valence-corrected chi connectivity index (χ4v) is 2.60. The van der Waals surface area contributed by atoms with Gasteiger partial charge in [0.2, 0.25) is 0 Å². The van der Waals surface area contributed by atoms with E-state index in [1.54, 1.807) is 0 Å². The average molecular weight is 294 g/mol. The van der Waals surface area contributed by atoms with Gasteiger partial charge in [-0.1, -0.05) is 62.8 Å². The molecule has 1 aromatic carbocycles. The molecule has 0 aromatic heterocycles. The molecule has 2 rings (SSSR count). The molecule has 3 heteroatoms. The second-order valence-corrected chi connectivity index (χ2v) is 5.84. The van der Waals surface area contributed by atoms with E-state index in [9.17, 15) is 0 Å². The van der Waals surface area contributed by atoms with Crippen LogP contribution in [0.3, 0.4) is 0 Å². The lowest BCUT2D eigenvalue weighted by Crippen LogP contribution is -2.04. The van der Waals surface area contributed by atoms with Gasteiger partial charge in [0.15, 0.2) is 0 Å². The zero-order valence-corrected chi connectivity index (χ0v) is 13.0. The van der Waals surface area contributed by atoms with Gasteiger partial charge in [-0.3, -0.25) is 4.99 Å². The topological polar surface area (TPSA) is 21.6 Å². The van der Waals surface area contributed by atoms with E-state index in [-0.39, 0.29) is 6.23 Å². The molecule has 0 fully saturated rings. The first kappa shape index (κ1) is 15.5. The average Bonchev–Trinajstić information content (AvgIpc) is 2.92. The molecule has 0 radical (unpaired) electrons. The molecule has 1 aromatic rings. The van der Waals surface area contributed by atoms with Gasteiger partial charge in [-0.25, -0.2) is 0 Å². The summed E-state index contributed by atoms with van der Waals surface area (Å²) < 4.78 is 5.74. The summed E-state index contributed by atoms with van der Waals surface area (Å²) in [6, 6.07) is 7.83. The Morgan fingerprint density at radius 3 is 2.55 bits per heavy atom. The second-order valence-electron chi connectivity index (χ2n) is 5.40. The van der Waals surface area contributed by atoms with Gasteiger partial charge in [0, 0.05) is 5.02 Å². The standard InChI is InChI=1S/C17H24ClNO/c1-2-3-4-5-6-7-8-17-19-16(13-20-17)14-9-11-15(18)12-10-14/h9-12,17H,2-8,13H2,1H3/t17-/m0/s1. The van der Waals surface area contributed by atoms with Crippen molar-refractivity contribution in [1.82, 2.24) is 0 Å². The fraction of sp³-hybridized carbons (Fsp3) is 0.588. The van der Waals surface area contributed by atoms with Gasteiger partial charge in [0.1, 0.15) is 6.23 Å². The number of rotatable bonds is 8. The molecule has 2 nitrogen and oxygen atoms in total. The van der Waals surface area contributed by atoms with Crippen molar-refractivity contribution in [3.63, 3.8) is 0 Å². The Balaban J connectivity index is 1.72. The SMILES string of the molecule is CCCCCCCC[C@H]1N=C(c2ccc(Cl)cc2)CO1. The summed E-state index contributed by atoms with van der Waals surface area (Å²) in [6.07, 6.45) is 8.99. The molecule has 1 aliphatic heterocycles. The van der Waals surface area contributed by atoms with E-state index in [1.165, 1.54) is 38.5 Å². The minimum atomic E-state index is 0.0619. The third-order valence-electron chi connectivity index (χ3n) is 3.69. The van der Waals surface area contributed by atoms with Crippen LogP contribution in [0.4, 0.5) is 0 Å². The van der Waals surface area contributed by atoms with Gasteiger partial charge >= 0.3 is 0 Å². The Labute approximate surface area is 127 Å². The maximum atomic E-state index is 5.90. The van der Waals surface area contributed by atoms with E-state index in [0.717, 1.165) is 22.7 Å². The minimum absolute atomic E-state index is 0.0619. The molecular weight excluding hydrogens is 270 g/mol. The maximum absolute atomic E-state index is 5.90. The van der Waals surface area contributed by atoms with Gasteiger partial charge in [-0.05, 0) is 30.5 Å². The van der Waals surface area contributed by atoms with E-state index in [4.69, 9.17) is 16.3 Å². The van der Waals surface area contributed by atoms with Crippen molar-refractivity contribution in [2.75, 3.05) is 6.61 Å². The first-order valence-electron chi connectivity index (χ1n) is 7.74. The summed E-state index contributed by atoms with van der Waals surface area (Å²) in [6.45, 7) is 2.88. The largest absolute Gasteiger partial charge is 0.350 e. The van der Waals surface area contributed by atoms with Crippen molar-refractivity contribution < 1.29 is 4.74 Å². The Hall–Kier alpha value is -0.860. The van der Waals surface area contributed by atoms with Gasteiger partial charge in [-0.15, -0.1) is 0 Å². The molecule has 110 valence electrons. The highest BCUT2D eigenvalue weighted by atomic mass is 35.5. The normalized spacial score (nSPS) is 18.3. The molecule has 0 N–H and O–H groups in total. The number of nitrogens with zero attached hydrogens (tertiary/aromatic N) is 1. The van der Waals surface area contributed by atoms with Crippen LogP contribution in [0.5, 0.6) is 0 Å². The summed E-state index contributed by atoms with van der Waals surface area (Å²) in [5.74, 6) is 0. The van der Waals surface area contributed by atoms with Crippen LogP contribution in [0.1, 0.15) is 57.4 Å². The molecule has 0 saturated heterocycles. The number of hydrogen-bond donors (Lipinski definition) is 0. The fourth-order valence-electron chi connectivity index (χ4n) is 2.47. The van der Waals surface area contributed by atoms with Gasteiger partial charge < -0.3 is 4.74 Å². The molecule has 0 unspecified atom stereocenters. The molecule has 0 spiro atoms. The third kappa shape index (κ3) is 4.92. The number of unbranched alkanes of at least 4 members (excludes halogenated alkanes) is 5. The minimum Gasteiger partial charge on any atom is -0.350 e. The lowest BCUT2D eigenvalue weighted by Gasteiger charge is -2.06. The zero-order valence-electron chi connectivity index (χ0n) is 12.3. The Bertz CT molecular complexity index is 427. The molecule has 0 amide bonds. The van der Waals surface area contributed by atoms with Crippen molar-refractivity contribution in [2.45, 2.75) is 58.1 Å². The highest BCUT2D eigenvalue weighted by Crippen LogP contribution is 2.19. The van der Waals surface area contributed by atoms with E-state index >= 15 is 0 Å². The lowest BCUT2D eigenvalue weighted by atomic mass is 10.1. The van der Waals surface area contributed by atoms with Crippen LogP contribution in [0.2, 0.25) is 5.02 Å². The van der Waals surface area contributed by atoms with Crippen molar-refractivity contribution in [1.29, 1.82) is 0 Å². The molecule has 1 atom stereocenters. The van der Waals surface area contributed by atoms with Crippen molar-refractivity contribution in [3.05, 3.63) is 34.9 Å². The molecular formula is C17H24ClNO. The zero-order chi connectivity index (χ0) is 14.2. The summed E-state index contributed by atoms with van der Waals surface area (Å²) in [5, 5.41) is 0.761. The Morgan fingerprint density at radius 1 is 1.10 bits per heavy atom. The first-order chi connectivity index (χ1) is 9.79. The Kier molecular flexibility index (Phi) is 6.55. The van der Waals surface area contributed by atoms with Crippen LogP contribution in [0.25, 0.3) is 0 Å². The van der Waals surface area contributed by atoms with Crippen LogP contribution in [0, 0.1) is 0 Å². The number of aliphatic imine (C=N–C) groups is 1. The van der Waals surface area contributed by atoms with Gasteiger partial charge in [-0.2, -0.15) is 0 Å². The van der Waals surface area contributed by atoms with Gasteiger partial charge in [0.25, 0.3) is 0 Å². The number of halogens is 1. The van der Waals surface area contributed by atoms with Gasteiger partial charge in [0.05, 0.1) is 12.3 Å². The first-order valence-corrected chi connectivity index (χ1v) is 8.11. The van der Waals surface area contributed by atoms with Crippen LogP contribution >= 0.6 is 11.6 Å². The quantitative estimate of drug-likeness (QED) is 0.601. The molecule has 0 bridgehead atoms. The van der Waals surface area contributed by atoms with E-state index in [0.29, 0.717) is 6.61 Å². The third-order valence-corrected chi connectivity index (χ3v) is 3.95. The molecule has 1 aliphatic rings. The summed E-state index contributed by atoms with van der Waals surface area (Å²) in [7, 11) is 0. The summed E-state index contributed by atoms with van der Waals surface area (Å²) in [5.41, 5.74) is 2.18. The molecule has 0 aliphatic carbocycles. The summed E-state index contributed by atoms with van der Waals surface area (Å²) in [4.78, 5) is 4.67. The maximum Gasteiger partial charge on any atom is 0.149 e.